The number of benzene rings is 2. The molecular weight excluding hydrogens is 365 g/mol. The number of fused-ring (bicyclic) bond motifs is 1. The maximum atomic E-state index is 14.0. The minimum atomic E-state index is -0.921. The van der Waals surface area contributed by atoms with Gasteiger partial charge in [-0.25, -0.2) is 4.39 Å². The zero-order valence-electron chi connectivity index (χ0n) is 15.3. The number of β-amino-alcohol motifs (C(OH)–C–C–N with tert-alkyl or cyclic N) is 1. The summed E-state index contributed by atoms with van der Waals surface area (Å²) >= 11 is 0. The monoisotopic (exact) mass is 387 g/mol. The summed E-state index contributed by atoms with van der Waals surface area (Å²) in [6.07, 6.45) is -1.01. The van der Waals surface area contributed by atoms with Crippen LogP contribution in [0.1, 0.15) is 23.2 Å². The van der Waals surface area contributed by atoms with E-state index < -0.39 is 17.8 Å². The maximum Gasteiger partial charge on any atom is 0.254 e. The molecule has 1 heterocycles. The average molecular weight is 387 g/mol. The maximum absolute atomic E-state index is 14.0. The molecule has 1 aliphatic rings. The molecule has 1 unspecified atom stereocenters. The quantitative estimate of drug-likeness (QED) is 0.813. The molecule has 1 saturated heterocycles. The number of amides is 3. The van der Waals surface area contributed by atoms with E-state index in [1.807, 2.05) is 0 Å². The lowest BCUT2D eigenvalue weighted by Crippen LogP contribution is -2.38. The van der Waals surface area contributed by atoms with E-state index in [0.717, 1.165) is 0 Å². The van der Waals surface area contributed by atoms with E-state index in [0.29, 0.717) is 16.3 Å². The fourth-order valence-corrected chi connectivity index (χ4v) is 3.41. The minimum Gasteiger partial charge on any atom is -0.389 e. The third-order valence-corrected chi connectivity index (χ3v) is 4.83. The van der Waals surface area contributed by atoms with E-state index >= 15 is 0 Å². The average Bonchev–Trinajstić information content (AvgIpc) is 2.88. The molecule has 1 fully saturated rings. The molecule has 8 heteroatoms. The fraction of sp³-hybridized carbons (Fsp3) is 0.350. The van der Waals surface area contributed by atoms with Gasteiger partial charge >= 0.3 is 0 Å². The van der Waals surface area contributed by atoms with Crippen LogP contribution in [0.5, 0.6) is 0 Å². The largest absolute Gasteiger partial charge is 0.389 e. The number of carbonyl (C=O) groups is 3. The van der Waals surface area contributed by atoms with Gasteiger partial charge in [-0.05, 0) is 17.5 Å². The number of hydrogen-bond acceptors (Lipinski definition) is 4. The Morgan fingerprint density at radius 2 is 1.64 bits per heavy atom. The number of nitrogens with two attached hydrogens (primary N) is 1. The highest BCUT2D eigenvalue weighted by molar-refractivity contribution is 6.07. The number of hydrogen-bond donors (Lipinski definition) is 2. The Labute approximate surface area is 161 Å². The molecule has 3 rings (SSSR count). The van der Waals surface area contributed by atoms with Gasteiger partial charge in [-0.2, -0.15) is 0 Å². The van der Waals surface area contributed by atoms with Gasteiger partial charge < -0.3 is 20.6 Å². The molecule has 1 aliphatic heterocycles. The van der Waals surface area contributed by atoms with Gasteiger partial charge in [-0.1, -0.05) is 24.3 Å². The normalized spacial score (nSPS) is 17.4. The van der Waals surface area contributed by atoms with Crippen LogP contribution in [0.4, 0.5) is 4.39 Å². The first kappa shape index (κ1) is 19.8. The van der Waals surface area contributed by atoms with Gasteiger partial charge in [-0.3, -0.25) is 14.4 Å². The third-order valence-electron chi connectivity index (χ3n) is 4.83. The topological polar surface area (TPSA) is 104 Å². The zero-order chi connectivity index (χ0) is 20.3. The molecule has 0 bridgehead atoms. The number of primary amides is 1. The summed E-state index contributed by atoms with van der Waals surface area (Å²) in [6, 6.07) is 9.41. The highest BCUT2D eigenvalue weighted by atomic mass is 19.1. The number of rotatable bonds is 4. The molecule has 3 N–H and O–H groups in total. The van der Waals surface area contributed by atoms with Crippen molar-refractivity contribution in [1.82, 2.24) is 9.80 Å². The molecule has 28 heavy (non-hydrogen) atoms. The summed E-state index contributed by atoms with van der Waals surface area (Å²) in [6.45, 7) is 0.596. The van der Waals surface area contributed by atoms with Crippen molar-refractivity contribution in [3.63, 3.8) is 0 Å². The Morgan fingerprint density at radius 1 is 1.00 bits per heavy atom. The SMILES string of the molecule is NC(=O)CCC(=O)N1CCN(C(=O)c2ccc(F)c3ccccc23)CC(O)C1. The standard InChI is InChI=1S/C20H22FN3O4/c21-17-6-5-16(14-3-1-2-4-15(14)17)20(28)24-10-9-23(11-13(25)12-24)19(27)8-7-18(22)26/h1-6,13,25H,7-12H2,(H2,22,26). The summed E-state index contributed by atoms with van der Waals surface area (Å²) in [5.74, 6) is -1.60. The van der Waals surface area contributed by atoms with Crippen LogP contribution in [0.15, 0.2) is 36.4 Å². The third kappa shape index (κ3) is 4.28. The van der Waals surface area contributed by atoms with E-state index in [1.54, 1.807) is 24.3 Å². The van der Waals surface area contributed by atoms with Gasteiger partial charge in [-0.15, -0.1) is 0 Å². The van der Waals surface area contributed by atoms with Gasteiger partial charge in [0.15, 0.2) is 0 Å². The molecule has 0 saturated carbocycles. The Kier molecular flexibility index (Phi) is 5.89. The van der Waals surface area contributed by atoms with E-state index in [-0.39, 0.29) is 50.8 Å². The van der Waals surface area contributed by atoms with E-state index in [4.69, 9.17) is 5.73 Å². The van der Waals surface area contributed by atoms with Crippen LogP contribution in [-0.2, 0) is 9.59 Å². The number of aliphatic hydroxyl groups excluding tert-OH is 1. The lowest BCUT2D eigenvalue weighted by Gasteiger charge is -2.22. The summed E-state index contributed by atoms with van der Waals surface area (Å²) in [4.78, 5) is 39.0. The Hall–Kier alpha value is -3.00. The van der Waals surface area contributed by atoms with E-state index in [2.05, 4.69) is 0 Å². The number of aliphatic hydroxyl groups is 1. The zero-order valence-corrected chi connectivity index (χ0v) is 15.3. The minimum absolute atomic E-state index is 0.0292. The molecule has 0 aromatic heterocycles. The van der Waals surface area contributed by atoms with Crippen LogP contribution in [0.25, 0.3) is 10.8 Å². The number of nitrogens with zero attached hydrogens (tertiary/aromatic N) is 2. The van der Waals surface area contributed by atoms with Crippen LogP contribution in [-0.4, -0.2) is 64.9 Å². The Bertz CT molecular complexity index is 917. The van der Waals surface area contributed by atoms with E-state index in [9.17, 15) is 23.9 Å². The molecule has 0 aliphatic carbocycles. The molecule has 148 valence electrons. The second kappa shape index (κ2) is 8.35. The smallest absolute Gasteiger partial charge is 0.254 e. The Balaban J connectivity index is 1.78. The number of halogens is 1. The van der Waals surface area contributed by atoms with Crippen molar-refractivity contribution >= 4 is 28.5 Å². The first-order valence-electron chi connectivity index (χ1n) is 9.07. The molecule has 0 spiro atoms. The van der Waals surface area contributed by atoms with E-state index in [1.165, 1.54) is 21.9 Å². The molecular formula is C20H22FN3O4. The van der Waals surface area contributed by atoms with Crippen molar-refractivity contribution in [1.29, 1.82) is 0 Å². The highest BCUT2D eigenvalue weighted by Crippen LogP contribution is 2.23. The second-order valence-corrected chi connectivity index (χ2v) is 6.85. The summed E-state index contributed by atoms with van der Waals surface area (Å²) in [5.41, 5.74) is 5.42. The first-order valence-corrected chi connectivity index (χ1v) is 9.07. The Morgan fingerprint density at radius 3 is 2.36 bits per heavy atom. The van der Waals surface area contributed by atoms with Crippen molar-refractivity contribution in [3.8, 4) is 0 Å². The molecule has 2 aromatic rings. The van der Waals surface area contributed by atoms with Crippen molar-refractivity contribution in [2.75, 3.05) is 26.2 Å². The number of carbonyl (C=O) groups excluding carboxylic acids is 3. The van der Waals surface area contributed by atoms with Crippen molar-refractivity contribution in [2.24, 2.45) is 5.73 Å². The van der Waals surface area contributed by atoms with Crippen LogP contribution in [0.3, 0.4) is 0 Å². The van der Waals surface area contributed by atoms with Crippen LogP contribution in [0, 0.1) is 5.82 Å². The lowest BCUT2D eigenvalue weighted by atomic mass is 10.0. The van der Waals surface area contributed by atoms with Gasteiger partial charge in [0.25, 0.3) is 5.91 Å². The van der Waals surface area contributed by atoms with Crippen molar-refractivity contribution in [3.05, 3.63) is 47.8 Å². The van der Waals surface area contributed by atoms with Crippen LogP contribution < -0.4 is 5.73 Å². The van der Waals surface area contributed by atoms with Gasteiger partial charge in [0.2, 0.25) is 11.8 Å². The van der Waals surface area contributed by atoms with Crippen molar-refractivity contribution in [2.45, 2.75) is 18.9 Å². The van der Waals surface area contributed by atoms with Gasteiger partial charge in [0.05, 0.1) is 6.10 Å². The highest BCUT2D eigenvalue weighted by Gasteiger charge is 2.28. The predicted octanol–water partition coefficient (Wildman–Crippen LogP) is 0.890. The molecule has 0 radical (unpaired) electrons. The lowest BCUT2D eigenvalue weighted by molar-refractivity contribution is -0.133. The predicted molar refractivity (Wildman–Crippen MR) is 101 cm³/mol. The van der Waals surface area contributed by atoms with Gasteiger partial charge in [0.1, 0.15) is 5.82 Å². The van der Waals surface area contributed by atoms with Crippen LogP contribution in [0.2, 0.25) is 0 Å². The molecule has 1 atom stereocenters. The molecule has 7 nitrogen and oxygen atoms in total. The summed E-state index contributed by atoms with van der Waals surface area (Å²) in [5, 5.41) is 11.1. The second-order valence-electron chi connectivity index (χ2n) is 6.85. The van der Waals surface area contributed by atoms with Crippen molar-refractivity contribution < 1.29 is 23.9 Å². The first-order chi connectivity index (χ1) is 13.4. The molecule has 3 amide bonds. The van der Waals surface area contributed by atoms with Crippen LogP contribution >= 0.6 is 0 Å². The summed E-state index contributed by atoms with van der Waals surface area (Å²) < 4.78 is 14.0. The summed E-state index contributed by atoms with van der Waals surface area (Å²) in [7, 11) is 0. The van der Waals surface area contributed by atoms with Gasteiger partial charge in [0, 0.05) is 50.0 Å². The fourth-order valence-electron chi connectivity index (χ4n) is 3.41. The molecule has 2 aromatic carbocycles.